The molecule has 4 saturated carbocycles. The van der Waals surface area contributed by atoms with Gasteiger partial charge in [-0.05, 0) is 98.3 Å². The fourth-order valence-corrected chi connectivity index (χ4v) is 7.20. The van der Waals surface area contributed by atoms with Crippen molar-refractivity contribution in [1.29, 1.82) is 0 Å². The Morgan fingerprint density at radius 3 is 2.27 bits per heavy atom. The van der Waals surface area contributed by atoms with Gasteiger partial charge in [-0.25, -0.2) is 0 Å². The van der Waals surface area contributed by atoms with E-state index in [0.717, 1.165) is 63.5 Å². The summed E-state index contributed by atoms with van der Waals surface area (Å²) in [5, 5.41) is 13.6. The molecule has 6 rings (SSSR count). The van der Waals surface area contributed by atoms with Crippen LogP contribution in [0.2, 0.25) is 0 Å². The first-order valence-electron chi connectivity index (χ1n) is 15.3. The molecule has 0 aliphatic heterocycles. The molecular weight excluding hydrogens is 502 g/mol. The van der Waals surface area contributed by atoms with Gasteiger partial charge in [0.1, 0.15) is 11.7 Å². The highest BCUT2D eigenvalue weighted by Crippen LogP contribution is 2.51. The van der Waals surface area contributed by atoms with Crippen LogP contribution in [0.25, 0.3) is 0 Å². The third-order valence-electron chi connectivity index (χ3n) is 10.2. The molecule has 1 aromatic heterocycles. The van der Waals surface area contributed by atoms with Gasteiger partial charge in [0.25, 0.3) is 5.91 Å². The van der Waals surface area contributed by atoms with Crippen LogP contribution in [-0.2, 0) is 22.1 Å². The predicted molar refractivity (Wildman–Crippen MR) is 154 cm³/mol. The number of carbonyl (C=O) groups excluding carboxylic acids is 3. The summed E-state index contributed by atoms with van der Waals surface area (Å²) < 4.78 is 1.54. The van der Waals surface area contributed by atoms with Crippen molar-refractivity contribution < 1.29 is 14.4 Å². The molecular formula is C32H43N5O3. The van der Waals surface area contributed by atoms with Crippen molar-refractivity contribution in [2.45, 2.75) is 89.0 Å². The van der Waals surface area contributed by atoms with E-state index in [1.807, 2.05) is 24.3 Å². The molecule has 40 heavy (non-hydrogen) atoms. The lowest BCUT2D eigenvalue weighted by Gasteiger charge is -2.39. The summed E-state index contributed by atoms with van der Waals surface area (Å²) in [4.78, 5) is 40.7. The summed E-state index contributed by atoms with van der Waals surface area (Å²) in [5.41, 5.74) is 1.75. The Balaban J connectivity index is 1.21. The predicted octanol–water partition coefficient (Wildman–Crippen LogP) is 4.71. The van der Waals surface area contributed by atoms with Crippen LogP contribution >= 0.6 is 0 Å². The number of benzene rings is 1. The van der Waals surface area contributed by atoms with E-state index in [1.54, 1.807) is 19.3 Å². The van der Waals surface area contributed by atoms with Crippen LogP contribution in [0.15, 0.2) is 36.5 Å². The van der Waals surface area contributed by atoms with Crippen LogP contribution in [0.3, 0.4) is 0 Å². The van der Waals surface area contributed by atoms with Gasteiger partial charge in [-0.2, -0.15) is 5.10 Å². The molecule has 1 atom stereocenters. The molecule has 0 unspecified atom stereocenters. The molecule has 8 heteroatoms. The Labute approximate surface area is 237 Å². The SMILES string of the molecule is Cn1nccc1C(=O)N[C@H](C(=O)Nc1cccc(C2(C(=O)NCC3(C)CCC3)CCCC2)c1)C(C1CC1)C1CC1. The minimum atomic E-state index is -0.613. The molecule has 0 bridgehead atoms. The van der Waals surface area contributed by atoms with E-state index in [0.29, 0.717) is 23.2 Å². The van der Waals surface area contributed by atoms with Gasteiger partial charge in [0.05, 0.1) is 5.41 Å². The maximum absolute atomic E-state index is 13.9. The van der Waals surface area contributed by atoms with Crippen molar-refractivity contribution in [3.05, 3.63) is 47.8 Å². The highest BCUT2D eigenvalue weighted by atomic mass is 16.2. The lowest BCUT2D eigenvalue weighted by atomic mass is 9.70. The van der Waals surface area contributed by atoms with E-state index in [4.69, 9.17) is 0 Å². The molecule has 2 aromatic rings. The number of nitrogens with one attached hydrogen (secondary N) is 3. The Hall–Kier alpha value is -3.16. The Bertz CT molecular complexity index is 1250. The van der Waals surface area contributed by atoms with Crippen molar-refractivity contribution >= 4 is 23.4 Å². The molecule has 8 nitrogen and oxygen atoms in total. The molecule has 0 radical (unpaired) electrons. The van der Waals surface area contributed by atoms with Crippen LogP contribution < -0.4 is 16.0 Å². The fourth-order valence-electron chi connectivity index (χ4n) is 7.20. The van der Waals surface area contributed by atoms with E-state index in [2.05, 4.69) is 28.0 Å². The first kappa shape index (κ1) is 27.0. The number of hydrogen-bond acceptors (Lipinski definition) is 4. The quantitative estimate of drug-likeness (QED) is 0.380. The Morgan fingerprint density at radius 2 is 1.70 bits per heavy atom. The summed E-state index contributed by atoms with van der Waals surface area (Å²) in [6.45, 7) is 2.99. The average Bonchev–Trinajstić information content (AvgIpc) is 3.85. The van der Waals surface area contributed by atoms with Gasteiger partial charge in [-0.1, -0.05) is 38.3 Å². The maximum atomic E-state index is 13.9. The summed E-state index contributed by atoms with van der Waals surface area (Å²) >= 11 is 0. The molecule has 4 fully saturated rings. The molecule has 3 amide bonds. The normalized spacial score (nSPS) is 21.9. The lowest BCUT2D eigenvalue weighted by molar-refractivity contribution is -0.127. The zero-order chi connectivity index (χ0) is 27.9. The standard InChI is InChI=1S/C32H43N5O3/c1-31(14-6-15-31)20-33-30(40)32(16-3-4-17-32)23-7-5-8-24(19-23)35-29(39)27(26(21-9-10-21)22-11-12-22)36-28(38)25-13-18-34-37(25)2/h5,7-8,13,18-19,21-22,26-27H,3-4,6,9-12,14-17,20H2,1-2H3,(H,33,40)(H,35,39)(H,36,38)/t27-/m0/s1. The van der Waals surface area contributed by atoms with Crippen molar-refractivity contribution in [2.75, 3.05) is 11.9 Å². The molecule has 4 aliphatic rings. The van der Waals surface area contributed by atoms with Gasteiger partial charge in [0, 0.05) is 25.5 Å². The molecule has 0 saturated heterocycles. The number of hydrogen-bond donors (Lipinski definition) is 3. The molecule has 1 aromatic carbocycles. The Morgan fingerprint density at radius 1 is 1.00 bits per heavy atom. The number of rotatable bonds is 11. The topological polar surface area (TPSA) is 105 Å². The summed E-state index contributed by atoms with van der Waals surface area (Å²) in [7, 11) is 1.73. The first-order valence-corrected chi connectivity index (χ1v) is 15.3. The molecule has 1 heterocycles. The van der Waals surface area contributed by atoms with Gasteiger partial charge in [0.15, 0.2) is 0 Å². The van der Waals surface area contributed by atoms with Crippen LogP contribution in [0.4, 0.5) is 5.69 Å². The van der Waals surface area contributed by atoms with Gasteiger partial charge < -0.3 is 16.0 Å². The largest absolute Gasteiger partial charge is 0.355 e. The molecule has 214 valence electrons. The van der Waals surface area contributed by atoms with Crippen molar-refractivity contribution in [3.8, 4) is 0 Å². The van der Waals surface area contributed by atoms with E-state index < -0.39 is 11.5 Å². The summed E-state index contributed by atoms with van der Waals surface area (Å²) in [5.74, 6) is 0.751. The van der Waals surface area contributed by atoms with Crippen molar-refractivity contribution in [2.24, 2.45) is 30.2 Å². The maximum Gasteiger partial charge on any atom is 0.270 e. The number of aryl methyl sites for hydroxylation is 1. The number of carbonyl (C=O) groups is 3. The second kappa shape index (κ2) is 10.7. The zero-order valence-corrected chi connectivity index (χ0v) is 23.9. The van der Waals surface area contributed by atoms with E-state index in [1.165, 1.54) is 23.9 Å². The highest BCUT2D eigenvalue weighted by Gasteiger charge is 2.49. The van der Waals surface area contributed by atoms with Crippen LogP contribution in [0.1, 0.15) is 93.6 Å². The number of anilines is 1. The van der Waals surface area contributed by atoms with E-state index in [-0.39, 0.29) is 29.1 Å². The second-order valence-corrected chi connectivity index (χ2v) is 13.2. The minimum absolute atomic E-state index is 0.116. The van der Waals surface area contributed by atoms with E-state index >= 15 is 0 Å². The van der Waals surface area contributed by atoms with Crippen LogP contribution in [-0.4, -0.2) is 40.1 Å². The lowest BCUT2D eigenvalue weighted by Crippen LogP contribution is -2.50. The zero-order valence-electron chi connectivity index (χ0n) is 23.9. The minimum Gasteiger partial charge on any atom is -0.355 e. The first-order chi connectivity index (χ1) is 19.3. The number of nitrogens with zero attached hydrogens (tertiary/aromatic N) is 2. The van der Waals surface area contributed by atoms with Gasteiger partial charge >= 0.3 is 0 Å². The average molecular weight is 546 g/mol. The summed E-state index contributed by atoms with van der Waals surface area (Å²) in [6.07, 6.45) is 13.3. The van der Waals surface area contributed by atoms with Crippen molar-refractivity contribution in [1.82, 2.24) is 20.4 Å². The molecule has 0 spiro atoms. The monoisotopic (exact) mass is 545 g/mol. The molecule has 3 N–H and O–H groups in total. The van der Waals surface area contributed by atoms with Crippen LogP contribution in [0, 0.1) is 23.2 Å². The third kappa shape index (κ3) is 5.41. The number of amides is 3. The summed E-state index contributed by atoms with van der Waals surface area (Å²) in [6, 6.07) is 8.91. The number of aromatic nitrogens is 2. The van der Waals surface area contributed by atoms with Gasteiger partial charge in [-0.15, -0.1) is 0 Å². The highest BCUT2D eigenvalue weighted by molar-refractivity contribution is 6.01. The van der Waals surface area contributed by atoms with E-state index in [9.17, 15) is 14.4 Å². The van der Waals surface area contributed by atoms with Gasteiger partial charge in [-0.3, -0.25) is 19.1 Å². The fraction of sp³-hybridized carbons (Fsp3) is 0.625. The van der Waals surface area contributed by atoms with Crippen molar-refractivity contribution in [3.63, 3.8) is 0 Å². The smallest absolute Gasteiger partial charge is 0.270 e. The third-order valence-corrected chi connectivity index (χ3v) is 10.2. The second-order valence-electron chi connectivity index (χ2n) is 13.2. The Kier molecular flexibility index (Phi) is 7.21. The molecule has 4 aliphatic carbocycles. The van der Waals surface area contributed by atoms with Gasteiger partial charge in [0.2, 0.25) is 11.8 Å². The van der Waals surface area contributed by atoms with Crippen LogP contribution in [0.5, 0.6) is 0 Å².